The lowest BCUT2D eigenvalue weighted by Crippen LogP contribution is -2.38. The fourth-order valence-electron chi connectivity index (χ4n) is 3.75. The first kappa shape index (κ1) is 16.2. The van der Waals surface area contributed by atoms with Crippen molar-refractivity contribution in [2.45, 2.75) is 70.2 Å². The third kappa shape index (κ3) is 3.02. The van der Waals surface area contributed by atoms with Gasteiger partial charge >= 0.3 is 0 Å². The number of hydrogen-bond acceptors (Lipinski definition) is 3. The summed E-state index contributed by atoms with van der Waals surface area (Å²) in [5.41, 5.74) is 2.48. The van der Waals surface area contributed by atoms with Crippen molar-refractivity contribution in [3.8, 4) is 0 Å². The van der Waals surface area contributed by atoms with E-state index < -0.39 is 0 Å². The number of thioether (sulfide) groups is 1. The molecule has 1 aliphatic heterocycles. The Morgan fingerprint density at radius 2 is 1.88 bits per heavy atom. The Kier molecular flexibility index (Phi) is 4.21. The molecule has 1 fully saturated rings. The Morgan fingerprint density at radius 3 is 2.62 bits per heavy atom. The minimum atomic E-state index is 0.153. The number of benzene rings is 1. The maximum atomic E-state index is 4.91. The second-order valence-electron chi connectivity index (χ2n) is 8.08. The normalized spacial score (nSPS) is 22.5. The van der Waals surface area contributed by atoms with Gasteiger partial charge in [0.25, 0.3) is 0 Å². The molecule has 4 rings (SSSR count). The Balaban J connectivity index is 1.75. The van der Waals surface area contributed by atoms with Crippen LogP contribution in [0.1, 0.15) is 59.0 Å². The number of fused-ring (bicyclic) bond motifs is 3. The summed E-state index contributed by atoms with van der Waals surface area (Å²) in [6.07, 6.45) is 9.33. The van der Waals surface area contributed by atoms with Crippen molar-refractivity contribution in [2.24, 2.45) is 5.41 Å². The monoisotopic (exact) mass is 341 g/mol. The van der Waals surface area contributed by atoms with Crippen molar-refractivity contribution in [1.82, 2.24) is 14.9 Å². The highest BCUT2D eigenvalue weighted by atomic mass is 32.2. The van der Waals surface area contributed by atoms with E-state index in [0.717, 1.165) is 10.7 Å². The van der Waals surface area contributed by atoms with Gasteiger partial charge in [0.2, 0.25) is 0 Å². The highest BCUT2D eigenvalue weighted by Gasteiger charge is 2.30. The SMILES string of the molecule is CC(C)(C)C1=CC(NC2CCCCC2)n2c(nc3ccccc32)S1. The summed E-state index contributed by atoms with van der Waals surface area (Å²) in [7, 11) is 0. The number of hydrogen-bond donors (Lipinski definition) is 1. The summed E-state index contributed by atoms with van der Waals surface area (Å²) in [6.45, 7) is 6.88. The van der Waals surface area contributed by atoms with Gasteiger partial charge < -0.3 is 0 Å². The van der Waals surface area contributed by atoms with Crippen LogP contribution in [0.3, 0.4) is 0 Å². The summed E-state index contributed by atoms with van der Waals surface area (Å²) >= 11 is 1.83. The van der Waals surface area contributed by atoms with Crippen LogP contribution in [0.4, 0.5) is 0 Å². The second-order valence-corrected chi connectivity index (χ2v) is 9.09. The number of imidazole rings is 1. The molecule has 0 amide bonds. The third-order valence-corrected chi connectivity index (χ3v) is 6.54. The first-order valence-corrected chi connectivity index (χ1v) is 9.97. The Bertz CT molecular complexity index is 763. The van der Waals surface area contributed by atoms with E-state index in [1.54, 1.807) is 0 Å². The Morgan fingerprint density at radius 1 is 1.12 bits per heavy atom. The van der Waals surface area contributed by atoms with Gasteiger partial charge in [-0.15, -0.1) is 0 Å². The first-order chi connectivity index (χ1) is 11.5. The minimum Gasteiger partial charge on any atom is -0.299 e. The van der Waals surface area contributed by atoms with Crippen LogP contribution in [0.15, 0.2) is 40.4 Å². The van der Waals surface area contributed by atoms with Crippen molar-refractivity contribution < 1.29 is 0 Å². The van der Waals surface area contributed by atoms with Crippen molar-refractivity contribution in [1.29, 1.82) is 0 Å². The van der Waals surface area contributed by atoms with E-state index in [-0.39, 0.29) is 11.6 Å². The Labute approximate surface area is 148 Å². The molecule has 24 heavy (non-hydrogen) atoms. The van der Waals surface area contributed by atoms with Crippen molar-refractivity contribution in [3.63, 3.8) is 0 Å². The topological polar surface area (TPSA) is 29.9 Å². The molecule has 2 heterocycles. The maximum Gasteiger partial charge on any atom is 0.175 e. The molecule has 0 bridgehead atoms. The lowest BCUT2D eigenvalue weighted by Gasteiger charge is -2.34. The van der Waals surface area contributed by atoms with Gasteiger partial charge in [-0.25, -0.2) is 4.98 Å². The van der Waals surface area contributed by atoms with Crippen molar-refractivity contribution >= 4 is 22.8 Å². The van der Waals surface area contributed by atoms with Crippen LogP contribution < -0.4 is 5.32 Å². The van der Waals surface area contributed by atoms with Crippen LogP contribution >= 0.6 is 11.8 Å². The van der Waals surface area contributed by atoms with Gasteiger partial charge in [0, 0.05) is 6.04 Å². The van der Waals surface area contributed by atoms with E-state index >= 15 is 0 Å². The number of rotatable bonds is 2. The molecule has 1 aromatic carbocycles. The minimum absolute atomic E-state index is 0.153. The molecule has 0 radical (unpaired) electrons. The molecule has 0 saturated heterocycles. The predicted molar refractivity (Wildman–Crippen MR) is 102 cm³/mol. The number of aromatic nitrogens is 2. The molecule has 1 aromatic heterocycles. The fourth-order valence-corrected chi connectivity index (χ4v) is 4.90. The summed E-state index contributed by atoms with van der Waals surface area (Å²) < 4.78 is 2.39. The zero-order valence-corrected chi connectivity index (χ0v) is 15.7. The van der Waals surface area contributed by atoms with Crippen LogP contribution in [0.2, 0.25) is 0 Å². The molecule has 1 aliphatic carbocycles. The first-order valence-electron chi connectivity index (χ1n) is 9.15. The summed E-state index contributed by atoms with van der Waals surface area (Å²) in [5, 5.41) is 5.05. The number of nitrogens with one attached hydrogen (secondary N) is 1. The molecular formula is C20H27N3S. The molecule has 4 heteroatoms. The maximum absolute atomic E-state index is 4.91. The molecule has 2 aromatic rings. The average Bonchev–Trinajstić information content (AvgIpc) is 2.93. The number of nitrogens with zero attached hydrogens (tertiary/aromatic N) is 2. The van der Waals surface area contributed by atoms with E-state index in [9.17, 15) is 0 Å². The van der Waals surface area contributed by atoms with Crippen LogP contribution in [0.5, 0.6) is 0 Å². The molecule has 1 N–H and O–H groups in total. The van der Waals surface area contributed by atoms with Crippen LogP contribution in [-0.2, 0) is 0 Å². The third-order valence-electron chi connectivity index (χ3n) is 5.10. The number of para-hydroxylation sites is 2. The van der Waals surface area contributed by atoms with E-state index in [1.165, 1.54) is 42.5 Å². The lowest BCUT2D eigenvalue weighted by atomic mass is 9.94. The van der Waals surface area contributed by atoms with Crippen molar-refractivity contribution in [2.75, 3.05) is 0 Å². The highest BCUT2D eigenvalue weighted by molar-refractivity contribution is 8.03. The van der Waals surface area contributed by atoms with E-state index in [1.807, 2.05) is 11.8 Å². The predicted octanol–water partition coefficient (Wildman–Crippen LogP) is 5.49. The standard InChI is InChI=1S/C20H27N3S/c1-20(2,3)17-13-18(21-14-9-5-4-6-10-14)23-16-12-8-7-11-15(16)22-19(23)24-17/h7-8,11-14,18,21H,4-6,9-10H2,1-3H3. The van der Waals surface area contributed by atoms with Gasteiger partial charge in [-0.1, -0.05) is 63.9 Å². The van der Waals surface area contributed by atoms with Crippen LogP contribution in [0.25, 0.3) is 11.0 Å². The van der Waals surface area contributed by atoms with Gasteiger partial charge in [-0.3, -0.25) is 9.88 Å². The van der Waals surface area contributed by atoms with Crippen molar-refractivity contribution in [3.05, 3.63) is 35.2 Å². The van der Waals surface area contributed by atoms with Crippen LogP contribution in [-0.4, -0.2) is 15.6 Å². The lowest BCUT2D eigenvalue weighted by molar-refractivity contribution is 0.315. The zero-order chi connectivity index (χ0) is 16.7. The van der Waals surface area contributed by atoms with Crippen LogP contribution in [0, 0.1) is 5.41 Å². The van der Waals surface area contributed by atoms with E-state index in [0.29, 0.717) is 6.04 Å². The number of allylic oxidation sites excluding steroid dienone is 1. The smallest absolute Gasteiger partial charge is 0.175 e. The molecule has 1 unspecified atom stereocenters. The highest BCUT2D eigenvalue weighted by Crippen LogP contribution is 2.45. The summed E-state index contributed by atoms with van der Waals surface area (Å²) in [5.74, 6) is 0. The molecule has 2 aliphatic rings. The van der Waals surface area contributed by atoms with Gasteiger partial charge in [0.1, 0.15) is 6.17 Å². The average molecular weight is 342 g/mol. The quantitative estimate of drug-likeness (QED) is 0.783. The molecule has 128 valence electrons. The zero-order valence-electron chi connectivity index (χ0n) is 14.9. The van der Waals surface area contributed by atoms with Gasteiger partial charge in [-0.05, 0) is 41.4 Å². The largest absolute Gasteiger partial charge is 0.299 e. The summed E-state index contributed by atoms with van der Waals surface area (Å²) in [4.78, 5) is 6.32. The summed E-state index contributed by atoms with van der Waals surface area (Å²) in [6, 6.07) is 9.13. The fraction of sp³-hybridized carbons (Fsp3) is 0.550. The van der Waals surface area contributed by atoms with Gasteiger partial charge in [0.15, 0.2) is 5.16 Å². The Hall–Kier alpha value is -1.26. The van der Waals surface area contributed by atoms with Gasteiger partial charge in [-0.2, -0.15) is 0 Å². The molecule has 1 saturated carbocycles. The molecular weight excluding hydrogens is 314 g/mol. The van der Waals surface area contributed by atoms with E-state index in [4.69, 9.17) is 4.98 Å². The molecule has 1 atom stereocenters. The second kappa shape index (κ2) is 6.23. The molecule has 3 nitrogen and oxygen atoms in total. The van der Waals surface area contributed by atoms with E-state index in [2.05, 4.69) is 61.0 Å². The molecule has 0 spiro atoms. The van der Waals surface area contributed by atoms with Gasteiger partial charge in [0.05, 0.1) is 11.0 Å².